The van der Waals surface area contributed by atoms with Crippen LogP contribution in [0.3, 0.4) is 0 Å². The Balaban J connectivity index is 1.38. The second-order valence-corrected chi connectivity index (χ2v) is 9.17. The molecular weight excluding hydrogens is 428 g/mol. The Labute approximate surface area is 195 Å². The number of pyridine rings is 2. The van der Waals surface area contributed by atoms with Gasteiger partial charge in [-0.3, -0.25) is 9.97 Å². The first-order valence-electron chi connectivity index (χ1n) is 11.0. The maximum Gasteiger partial charge on any atom is 0.125 e. The van der Waals surface area contributed by atoms with Crippen molar-refractivity contribution in [1.82, 2.24) is 30.2 Å². The normalized spacial score (nSPS) is 13.9. The molecule has 1 aliphatic rings. The summed E-state index contributed by atoms with van der Waals surface area (Å²) in [4.78, 5) is 23.1. The molecule has 2 N–H and O–H groups in total. The lowest BCUT2D eigenvalue weighted by Gasteiger charge is -2.11. The molecule has 4 aromatic heterocycles. The van der Waals surface area contributed by atoms with Crippen LogP contribution in [0.15, 0.2) is 67.3 Å². The van der Waals surface area contributed by atoms with E-state index in [9.17, 15) is 0 Å². The van der Waals surface area contributed by atoms with Crippen LogP contribution in [0, 0.1) is 6.92 Å². The van der Waals surface area contributed by atoms with Crippen LogP contribution >= 0.6 is 11.3 Å². The minimum absolute atomic E-state index is 0.884. The lowest BCUT2D eigenvalue weighted by atomic mass is 10.0. The molecule has 0 radical (unpaired) electrons. The lowest BCUT2D eigenvalue weighted by Crippen LogP contribution is -2.19. The molecule has 162 valence electrons. The predicted molar refractivity (Wildman–Crippen MR) is 134 cm³/mol. The number of thiazole rings is 1. The highest BCUT2D eigenvalue weighted by Crippen LogP contribution is 2.34. The fourth-order valence-corrected chi connectivity index (χ4v) is 5.15. The first kappa shape index (κ1) is 20.0. The second-order valence-electron chi connectivity index (χ2n) is 8.13. The van der Waals surface area contributed by atoms with E-state index in [1.165, 1.54) is 10.5 Å². The van der Waals surface area contributed by atoms with Crippen molar-refractivity contribution < 1.29 is 0 Å². The molecule has 0 aliphatic carbocycles. The van der Waals surface area contributed by atoms with Crippen molar-refractivity contribution in [1.29, 1.82) is 0 Å². The first-order chi connectivity index (χ1) is 16.2. The van der Waals surface area contributed by atoms with Crippen molar-refractivity contribution in [3.63, 3.8) is 0 Å². The first-order valence-corrected chi connectivity index (χ1v) is 11.8. The van der Waals surface area contributed by atoms with E-state index in [1.807, 2.05) is 43.6 Å². The Hall–Kier alpha value is -3.68. The molecule has 0 saturated carbocycles. The molecule has 5 aromatic rings. The van der Waals surface area contributed by atoms with Crippen molar-refractivity contribution in [3.05, 3.63) is 77.8 Å². The number of H-pyrrole nitrogens is 1. The Morgan fingerprint density at radius 3 is 2.79 bits per heavy atom. The number of hydrogen-bond acceptors (Lipinski definition) is 6. The topological polar surface area (TPSA) is 79.4 Å². The molecule has 0 spiro atoms. The highest BCUT2D eigenvalue weighted by atomic mass is 32.1. The molecule has 33 heavy (non-hydrogen) atoms. The van der Waals surface area contributed by atoms with Crippen LogP contribution < -0.4 is 5.32 Å². The molecule has 0 saturated heterocycles. The standard InChI is InChI=1S/C26H22N6S/c1-16-3-2-4-22(32-16)25-24(30-15-31-25)18-5-6-21-19(11-18)12-20(13-28-21)26-29-14-23(33-26)17-7-9-27-10-8-17/h2-7,11-15,27H,8-10H2,1H3,(H,30,31). The van der Waals surface area contributed by atoms with Gasteiger partial charge in [-0.25, -0.2) is 9.97 Å². The predicted octanol–water partition coefficient (Wildman–Crippen LogP) is 5.50. The van der Waals surface area contributed by atoms with Gasteiger partial charge in [0.25, 0.3) is 0 Å². The van der Waals surface area contributed by atoms with E-state index in [0.717, 1.165) is 69.3 Å². The number of aryl methyl sites for hydroxylation is 1. The molecule has 6 rings (SSSR count). The number of imidazole rings is 1. The Kier molecular flexibility index (Phi) is 5.05. The van der Waals surface area contributed by atoms with Crippen molar-refractivity contribution in [2.75, 3.05) is 13.1 Å². The number of benzene rings is 1. The van der Waals surface area contributed by atoms with Gasteiger partial charge in [0.1, 0.15) is 5.01 Å². The summed E-state index contributed by atoms with van der Waals surface area (Å²) in [7, 11) is 0. The molecule has 0 bridgehead atoms. The average molecular weight is 451 g/mol. The van der Waals surface area contributed by atoms with E-state index >= 15 is 0 Å². The molecule has 7 heteroatoms. The van der Waals surface area contributed by atoms with Gasteiger partial charge in [-0.1, -0.05) is 18.2 Å². The zero-order chi connectivity index (χ0) is 22.2. The van der Waals surface area contributed by atoms with Gasteiger partial charge in [0.2, 0.25) is 0 Å². The van der Waals surface area contributed by atoms with Crippen LogP contribution in [0.25, 0.3) is 49.7 Å². The van der Waals surface area contributed by atoms with Gasteiger partial charge in [0.15, 0.2) is 0 Å². The lowest BCUT2D eigenvalue weighted by molar-refractivity contribution is 0.739. The number of nitrogens with one attached hydrogen (secondary N) is 2. The van der Waals surface area contributed by atoms with Crippen molar-refractivity contribution in [3.8, 4) is 33.2 Å². The third-order valence-electron chi connectivity index (χ3n) is 5.87. The van der Waals surface area contributed by atoms with Crippen LogP contribution in [-0.4, -0.2) is 38.0 Å². The Morgan fingerprint density at radius 2 is 1.91 bits per heavy atom. The van der Waals surface area contributed by atoms with Crippen LogP contribution in [-0.2, 0) is 0 Å². The maximum absolute atomic E-state index is 4.70. The van der Waals surface area contributed by atoms with Gasteiger partial charge in [-0.05, 0) is 55.8 Å². The molecule has 0 amide bonds. The van der Waals surface area contributed by atoms with E-state index in [0.29, 0.717) is 0 Å². The van der Waals surface area contributed by atoms with E-state index in [-0.39, 0.29) is 0 Å². The van der Waals surface area contributed by atoms with E-state index in [4.69, 9.17) is 9.97 Å². The zero-order valence-electron chi connectivity index (χ0n) is 18.2. The highest BCUT2D eigenvalue weighted by molar-refractivity contribution is 7.16. The number of nitrogens with zero attached hydrogens (tertiary/aromatic N) is 4. The number of hydrogen-bond donors (Lipinski definition) is 2. The summed E-state index contributed by atoms with van der Waals surface area (Å²) >= 11 is 1.73. The quantitative estimate of drug-likeness (QED) is 0.378. The Bertz CT molecular complexity index is 1500. The van der Waals surface area contributed by atoms with Crippen LogP contribution in [0.4, 0.5) is 0 Å². The monoisotopic (exact) mass is 450 g/mol. The molecule has 0 atom stereocenters. The molecular formula is C26H22N6S. The van der Waals surface area contributed by atoms with Gasteiger partial charge in [-0.2, -0.15) is 0 Å². The smallest absolute Gasteiger partial charge is 0.125 e. The third-order valence-corrected chi connectivity index (χ3v) is 6.99. The van der Waals surface area contributed by atoms with E-state index in [1.54, 1.807) is 17.7 Å². The number of fused-ring (bicyclic) bond motifs is 1. The maximum atomic E-state index is 4.70. The van der Waals surface area contributed by atoms with Gasteiger partial charge >= 0.3 is 0 Å². The van der Waals surface area contributed by atoms with Gasteiger partial charge in [-0.15, -0.1) is 11.3 Å². The summed E-state index contributed by atoms with van der Waals surface area (Å²) in [6.07, 6.45) is 8.93. The van der Waals surface area contributed by atoms with Crippen molar-refractivity contribution in [2.24, 2.45) is 0 Å². The minimum Gasteiger partial charge on any atom is -0.343 e. The summed E-state index contributed by atoms with van der Waals surface area (Å²) < 4.78 is 0. The summed E-state index contributed by atoms with van der Waals surface area (Å²) in [6.45, 7) is 3.94. The average Bonchev–Trinajstić information content (AvgIpc) is 3.54. The molecule has 0 fully saturated rings. The number of rotatable bonds is 4. The van der Waals surface area contributed by atoms with Gasteiger partial charge in [0, 0.05) is 41.1 Å². The fourth-order valence-electron chi connectivity index (χ4n) is 4.19. The SMILES string of the molecule is Cc1cccc(-c2[nH]cnc2-c2ccc3ncc(-c4ncc(C5=CCNCC5)s4)cc3c2)n1. The molecule has 0 unspecified atom stereocenters. The minimum atomic E-state index is 0.884. The number of aromatic amines is 1. The van der Waals surface area contributed by atoms with Gasteiger partial charge < -0.3 is 10.3 Å². The molecule has 6 nitrogen and oxygen atoms in total. The second kappa shape index (κ2) is 8.35. The summed E-state index contributed by atoms with van der Waals surface area (Å²) in [5.41, 5.74) is 8.06. The largest absolute Gasteiger partial charge is 0.343 e. The van der Waals surface area contributed by atoms with Crippen LogP contribution in [0.5, 0.6) is 0 Å². The number of aromatic nitrogens is 5. The fraction of sp³-hybridized carbons (Fsp3) is 0.154. The van der Waals surface area contributed by atoms with Crippen LogP contribution in [0.1, 0.15) is 17.0 Å². The molecule has 1 aliphatic heterocycles. The zero-order valence-corrected chi connectivity index (χ0v) is 19.0. The van der Waals surface area contributed by atoms with Gasteiger partial charge in [0.05, 0.1) is 33.8 Å². The third kappa shape index (κ3) is 3.86. The van der Waals surface area contributed by atoms with E-state index < -0.39 is 0 Å². The molecule has 5 heterocycles. The summed E-state index contributed by atoms with van der Waals surface area (Å²) in [5.74, 6) is 0. The van der Waals surface area contributed by atoms with Crippen LogP contribution in [0.2, 0.25) is 0 Å². The van der Waals surface area contributed by atoms with E-state index in [2.05, 4.69) is 44.5 Å². The summed E-state index contributed by atoms with van der Waals surface area (Å²) in [5, 5.41) is 5.42. The summed E-state index contributed by atoms with van der Waals surface area (Å²) in [6, 6.07) is 14.4. The highest BCUT2D eigenvalue weighted by Gasteiger charge is 2.14. The van der Waals surface area contributed by atoms with Crippen molar-refractivity contribution >= 4 is 27.8 Å². The Morgan fingerprint density at radius 1 is 0.970 bits per heavy atom. The molecule has 1 aromatic carbocycles. The van der Waals surface area contributed by atoms with Crippen molar-refractivity contribution in [2.45, 2.75) is 13.3 Å².